The van der Waals surface area contributed by atoms with E-state index in [4.69, 9.17) is 10.1 Å². The first kappa shape index (κ1) is 9.80. The van der Waals surface area contributed by atoms with E-state index in [1.165, 1.54) is 0 Å². The van der Waals surface area contributed by atoms with Gasteiger partial charge in [-0.3, -0.25) is 0 Å². The summed E-state index contributed by atoms with van der Waals surface area (Å²) in [7, 11) is -0.0441. The highest BCUT2D eigenvalue weighted by molar-refractivity contribution is 6.47. The van der Waals surface area contributed by atoms with E-state index in [1.54, 1.807) is 26.0 Å². The van der Waals surface area contributed by atoms with E-state index in [0.29, 0.717) is 0 Å². The second kappa shape index (κ2) is 3.62. The number of carboxylic acid groups (broad SMARTS) is 1. The Morgan fingerprint density at radius 2 is 1.77 bits per heavy atom. The summed E-state index contributed by atoms with van der Waals surface area (Å²) in [5, 5.41) is 17.7. The molecule has 0 spiro atoms. The van der Waals surface area contributed by atoms with Crippen LogP contribution in [-0.2, 0) is 0 Å². The van der Waals surface area contributed by atoms with E-state index in [9.17, 15) is 4.79 Å². The minimum absolute atomic E-state index is 0.0441. The highest BCUT2D eigenvalue weighted by Crippen LogP contribution is 2.06. The summed E-state index contributed by atoms with van der Waals surface area (Å²) in [5.74, 6) is -0.935. The Morgan fingerprint density at radius 1 is 1.31 bits per heavy atom. The van der Waals surface area contributed by atoms with E-state index in [2.05, 4.69) is 0 Å². The van der Waals surface area contributed by atoms with Crippen molar-refractivity contribution in [3.8, 4) is 0 Å². The predicted octanol–water partition coefficient (Wildman–Crippen LogP) is -0.0293. The average molecular weight is 178 g/mol. The van der Waals surface area contributed by atoms with Crippen LogP contribution in [0.3, 0.4) is 0 Å². The van der Waals surface area contributed by atoms with Gasteiger partial charge in [-0.25, -0.2) is 4.79 Å². The van der Waals surface area contributed by atoms with Gasteiger partial charge in [-0.2, -0.15) is 0 Å². The molecule has 2 N–H and O–H groups in total. The van der Waals surface area contributed by atoms with Gasteiger partial charge in [-0.1, -0.05) is 11.1 Å². The maximum Gasteiger partial charge on any atom is 0.335 e. The van der Waals surface area contributed by atoms with Gasteiger partial charge >= 0.3 is 13.5 Å². The Labute approximate surface area is 77.3 Å². The Morgan fingerprint density at radius 3 is 2.08 bits per heavy atom. The molecule has 1 rings (SSSR count). The molecular weight excluding hydrogens is 167 g/mol. The number of carbonyl (C=O) groups is 1. The summed E-state index contributed by atoms with van der Waals surface area (Å²) in [4.78, 5) is 10.6. The fourth-order valence-electron chi connectivity index (χ4n) is 1.37. The van der Waals surface area contributed by atoms with Gasteiger partial charge in [-0.05, 0) is 31.4 Å². The molecule has 0 saturated heterocycles. The third-order valence-corrected chi connectivity index (χ3v) is 2.10. The quantitative estimate of drug-likeness (QED) is 0.625. The smallest absolute Gasteiger partial charge is 0.335 e. The molecule has 68 valence electrons. The third kappa shape index (κ3) is 1.90. The number of aryl methyl sites for hydroxylation is 2. The molecule has 0 atom stereocenters. The van der Waals surface area contributed by atoms with Gasteiger partial charge in [0.15, 0.2) is 0 Å². The van der Waals surface area contributed by atoms with Gasteiger partial charge in [0.2, 0.25) is 0 Å². The lowest BCUT2D eigenvalue weighted by Gasteiger charge is -2.07. The maximum absolute atomic E-state index is 10.6. The van der Waals surface area contributed by atoms with E-state index in [1.807, 2.05) is 0 Å². The molecule has 0 radical (unpaired) electrons. The number of rotatable bonds is 2. The number of benzene rings is 1. The predicted molar refractivity (Wildman–Crippen MR) is 51.9 cm³/mol. The monoisotopic (exact) mass is 178 g/mol. The fraction of sp³-hybridized carbons (Fsp3) is 0.222. The van der Waals surface area contributed by atoms with Crippen LogP contribution < -0.4 is 5.46 Å². The molecule has 4 heteroatoms. The second-order valence-corrected chi connectivity index (χ2v) is 3.05. The van der Waals surface area contributed by atoms with Gasteiger partial charge in [0.1, 0.15) is 0 Å². The SMILES string of the molecule is Cc1cc(C(=O)O)cc(C)c1BO. The van der Waals surface area contributed by atoms with Crippen LogP contribution in [-0.4, -0.2) is 23.6 Å². The highest BCUT2D eigenvalue weighted by atomic mass is 16.4. The van der Waals surface area contributed by atoms with Crippen molar-refractivity contribution in [1.29, 1.82) is 0 Å². The van der Waals surface area contributed by atoms with Gasteiger partial charge in [-0.15, -0.1) is 0 Å². The second-order valence-electron chi connectivity index (χ2n) is 3.05. The zero-order chi connectivity index (χ0) is 10.0. The summed E-state index contributed by atoms with van der Waals surface area (Å²) in [5.41, 5.74) is 2.72. The molecule has 3 nitrogen and oxygen atoms in total. The molecule has 0 aromatic heterocycles. The van der Waals surface area contributed by atoms with Crippen LogP contribution in [0.5, 0.6) is 0 Å². The van der Waals surface area contributed by atoms with Gasteiger partial charge in [0.25, 0.3) is 0 Å². The molecule has 0 fully saturated rings. The number of hydrogen-bond donors (Lipinski definition) is 2. The lowest BCUT2D eigenvalue weighted by Crippen LogP contribution is -2.21. The molecule has 1 aromatic carbocycles. The van der Waals surface area contributed by atoms with Crippen molar-refractivity contribution in [3.63, 3.8) is 0 Å². The minimum atomic E-state index is -0.935. The van der Waals surface area contributed by atoms with Crippen LogP contribution in [0.2, 0.25) is 0 Å². The molecule has 0 aliphatic heterocycles. The van der Waals surface area contributed by atoms with Crippen molar-refractivity contribution in [2.24, 2.45) is 0 Å². The Bertz CT molecular complexity index is 324. The Kier molecular flexibility index (Phi) is 2.73. The molecule has 0 heterocycles. The Hall–Kier alpha value is -1.29. The number of aromatic carboxylic acids is 1. The zero-order valence-corrected chi connectivity index (χ0v) is 7.66. The third-order valence-electron chi connectivity index (χ3n) is 2.10. The van der Waals surface area contributed by atoms with Crippen molar-refractivity contribution in [1.82, 2.24) is 0 Å². The average Bonchev–Trinajstić information content (AvgIpc) is 2.03. The van der Waals surface area contributed by atoms with E-state index in [0.717, 1.165) is 16.6 Å². The lowest BCUT2D eigenvalue weighted by molar-refractivity contribution is 0.0696. The van der Waals surface area contributed by atoms with Crippen LogP contribution >= 0.6 is 0 Å². The summed E-state index contributed by atoms with van der Waals surface area (Å²) >= 11 is 0. The van der Waals surface area contributed by atoms with Crippen LogP contribution in [0, 0.1) is 13.8 Å². The van der Waals surface area contributed by atoms with Crippen LogP contribution in [0.4, 0.5) is 0 Å². The first-order chi connectivity index (χ1) is 6.06. The standard InChI is InChI=1S/C9H11BO3/c1-5-3-7(9(11)12)4-6(2)8(5)10-13/h3-4,10,13H,1-2H3,(H,11,12). The van der Waals surface area contributed by atoms with Crippen molar-refractivity contribution >= 4 is 18.9 Å². The fourth-order valence-corrected chi connectivity index (χ4v) is 1.37. The normalized spacial score (nSPS) is 9.77. The highest BCUT2D eigenvalue weighted by Gasteiger charge is 2.08. The van der Waals surface area contributed by atoms with Crippen molar-refractivity contribution in [2.45, 2.75) is 13.8 Å². The van der Waals surface area contributed by atoms with Crippen molar-refractivity contribution in [3.05, 3.63) is 28.8 Å². The molecule has 0 aliphatic carbocycles. The molecule has 0 saturated carbocycles. The van der Waals surface area contributed by atoms with Crippen molar-refractivity contribution < 1.29 is 14.9 Å². The van der Waals surface area contributed by atoms with Crippen molar-refractivity contribution in [2.75, 3.05) is 0 Å². The summed E-state index contributed by atoms with van der Waals surface area (Å²) in [6.07, 6.45) is 0. The Balaban J connectivity index is 3.28. The molecule has 0 aliphatic rings. The zero-order valence-electron chi connectivity index (χ0n) is 7.66. The first-order valence-electron chi connectivity index (χ1n) is 4.00. The summed E-state index contributed by atoms with van der Waals surface area (Å²) in [6, 6.07) is 3.14. The van der Waals surface area contributed by atoms with E-state index >= 15 is 0 Å². The molecule has 0 unspecified atom stereocenters. The van der Waals surface area contributed by atoms with Gasteiger partial charge < -0.3 is 10.1 Å². The van der Waals surface area contributed by atoms with Gasteiger partial charge in [0.05, 0.1) is 5.56 Å². The topological polar surface area (TPSA) is 57.5 Å². The minimum Gasteiger partial charge on any atom is -0.478 e. The molecule has 1 aromatic rings. The van der Waals surface area contributed by atoms with Crippen LogP contribution in [0.15, 0.2) is 12.1 Å². The largest absolute Gasteiger partial charge is 0.478 e. The van der Waals surface area contributed by atoms with Gasteiger partial charge in [0, 0.05) is 0 Å². The first-order valence-corrected chi connectivity index (χ1v) is 4.00. The molecule has 0 amide bonds. The summed E-state index contributed by atoms with van der Waals surface area (Å²) in [6.45, 7) is 3.59. The van der Waals surface area contributed by atoms with E-state index in [-0.39, 0.29) is 13.0 Å². The molecule has 0 bridgehead atoms. The maximum atomic E-state index is 10.6. The summed E-state index contributed by atoms with van der Waals surface area (Å²) < 4.78 is 0. The molecular formula is C9H11BO3. The number of hydrogen-bond acceptors (Lipinski definition) is 2. The molecule has 13 heavy (non-hydrogen) atoms. The lowest BCUT2D eigenvalue weighted by atomic mass is 9.80. The van der Waals surface area contributed by atoms with Crippen LogP contribution in [0.25, 0.3) is 0 Å². The number of carboxylic acids is 1. The van der Waals surface area contributed by atoms with Crippen LogP contribution in [0.1, 0.15) is 21.5 Å². The van der Waals surface area contributed by atoms with E-state index < -0.39 is 5.97 Å².